The predicted octanol–water partition coefficient (Wildman–Crippen LogP) is 2.80. The number of phenolic OH excluding ortho intramolecular Hbond substituents is 2. The number of benzene rings is 3. The number of fused-ring (bicyclic) bond motifs is 1. The second-order valence-electron chi connectivity index (χ2n) is 14.9. The predicted molar refractivity (Wildman–Crippen MR) is 200 cm³/mol. The van der Waals surface area contributed by atoms with Gasteiger partial charge in [-0.3, -0.25) is 9.69 Å². The molecule has 1 amide bonds. The molecule has 4 aromatic rings. The molecule has 1 aliphatic carbocycles. The summed E-state index contributed by atoms with van der Waals surface area (Å²) in [5.41, 5.74) is 2.82. The van der Waals surface area contributed by atoms with Crippen LogP contribution in [0.25, 0.3) is 6.08 Å². The number of H-pyrrole nitrogens is 1. The number of hydrogen-bond donors (Lipinski definition) is 9. The number of carbonyl (C=O) groups excluding carboxylic acids is 1. The normalized spacial score (nSPS) is 27.3. The van der Waals surface area contributed by atoms with Crippen LogP contribution in [0.15, 0.2) is 79.3 Å². The first-order valence-corrected chi connectivity index (χ1v) is 18.5. The number of hydrogen-bond acceptors (Lipinski definition) is 12. The van der Waals surface area contributed by atoms with Crippen molar-refractivity contribution in [2.75, 3.05) is 11.5 Å². The molecule has 1 saturated carbocycles. The van der Waals surface area contributed by atoms with Gasteiger partial charge in [-0.15, -0.1) is 0 Å². The number of aromatic amines is 1. The topological polar surface area (TPSA) is 246 Å². The summed E-state index contributed by atoms with van der Waals surface area (Å²) in [6.45, 7) is -0.877. The number of carbonyl (C=O) groups is 2. The number of aliphatic hydroxyl groups excluding tert-OH is 4. The van der Waals surface area contributed by atoms with Crippen LogP contribution in [0.3, 0.4) is 0 Å². The SMILES string of the molecule is O=C(O)C1C(CC2(c3ccccc3)CCCCC2)c2cc(O)c(OC3(O)OC(CO)C(O)C(O)C3O)cc2N1C(=O)C=Cc1ccc(O)c(Cc2cnc[nH]2)c1. The first kappa shape index (κ1) is 39.0. The molecule has 3 aliphatic rings. The number of aromatic hydroxyl groups is 2. The van der Waals surface area contributed by atoms with E-state index in [0.29, 0.717) is 29.5 Å². The minimum absolute atomic E-state index is 0.0359. The number of carboxylic acid groups (broad SMARTS) is 1. The van der Waals surface area contributed by atoms with Crippen molar-refractivity contribution < 1.29 is 59.9 Å². The molecule has 296 valence electrons. The average Bonchev–Trinajstić information content (AvgIpc) is 3.82. The molecule has 7 unspecified atom stereocenters. The number of rotatable bonds is 11. The zero-order valence-electron chi connectivity index (χ0n) is 30.3. The minimum atomic E-state index is -3.09. The van der Waals surface area contributed by atoms with E-state index in [1.807, 2.05) is 30.3 Å². The Morgan fingerprint density at radius 2 is 1.73 bits per heavy atom. The van der Waals surface area contributed by atoms with Gasteiger partial charge in [-0.05, 0) is 65.6 Å². The van der Waals surface area contributed by atoms with Gasteiger partial charge in [0.05, 0.1) is 18.6 Å². The second-order valence-corrected chi connectivity index (χ2v) is 14.9. The summed E-state index contributed by atoms with van der Waals surface area (Å²) in [4.78, 5) is 35.8. The Balaban J connectivity index is 1.29. The molecule has 3 aromatic carbocycles. The van der Waals surface area contributed by atoms with Gasteiger partial charge < -0.3 is 55.3 Å². The molecule has 15 nitrogen and oxygen atoms in total. The highest BCUT2D eigenvalue weighted by atomic mass is 16.8. The van der Waals surface area contributed by atoms with E-state index in [-0.39, 0.29) is 11.4 Å². The molecule has 2 aliphatic heterocycles. The van der Waals surface area contributed by atoms with E-state index in [2.05, 4.69) is 9.97 Å². The summed E-state index contributed by atoms with van der Waals surface area (Å²) in [6.07, 6.45) is 3.20. The molecular formula is C41H45N3O12. The van der Waals surface area contributed by atoms with Crippen LogP contribution in [0.1, 0.15) is 72.4 Å². The fourth-order valence-corrected chi connectivity index (χ4v) is 8.52. The molecule has 0 spiro atoms. The highest BCUT2D eigenvalue weighted by Crippen LogP contribution is 2.54. The van der Waals surface area contributed by atoms with Gasteiger partial charge in [-0.1, -0.05) is 55.7 Å². The van der Waals surface area contributed by atoms with Crippen LogP contribution in [-0.4, -0.2) is 106 Å². The van der Waals surface area contributed by atoms with Gasteiger partial charge in [0.2, 0.25) is 0 Å². The van der Waals surface area contributed by atoms with Crippen LogP contribution in [0.5, 0.6) is 17.2 Å². The lowest BCUT2D eigenvalue weighted by Crippen LogP contribution is -2.67. The van der Waals surface area contributed by atoms with Gasteiger partial charge in [0.1, 0.15) is 30.1 Å². The fourth-order valence-electron chi connectivity index (χ4n) is 8.52. The number of nitrogens with zero attached hydrogens (tertiary/aromatic N) is 2. The number of carboxylic acids is 1. The van der Waals surface area contributed by atoms with Gasteiger partial charge >= 0.3 is 11.9 Å². The molecule has 9 N–H and O–H groups in total. The Hall–Kier alpha value is -5.29. The van der Waals surface area contributed by atoms with Crippen LogP contribution in [0.2, 0.25) is 0 Å². The van der Waals surface area contributed by atoms with E-state index in [1.54, 1.807) is 18.3 Å². The highest BCUT2D eigenvalue weighted by molar-refractivity contribution is 6.10. The molecule has 2 fully saturated rings. The quantitative estimate of drug-likeness (QED) is 0.0788. The number of aliphatic hydroxyl groups is 5. The number of nitrogens with one attached hydrogen (secondary N) is 1. The molecule has 0 radical (unpaired) electrons. The number of ether oxygens (including phenoxy) is 2. The maximum absolute atomic E-state index is 14.4. The van der Waals surface area contributed by atoms with Gasteiger partial charge in [0, 0.05) is 41.9 Å². The van der Waals surface area contributed by atoms with E-state index in [4.69, 9.17) is 9.47 Å². The molecular weight excluding hydrogens is 726 g/mol. The van der Waals surface area contributed by atoms with Crippen molar-refractivity contribution in [1.29, 1.82) is 0 Å². The van der Waals surface area contributed by atoms with Crippen LogP contribution >= 0.6 is 0 Å². The summed E-state index contributed by atoms with van der Waals surface area (Å²) in [5, 5.41) is 85.0. The maximum Gasteiger partial charge on any atom is 0.355 e. The number of anilines is 1. The number of phenols is 2. The van der Waals surface area contributed by atoms with Crippen molar-refractivity contribution in [1.82, 2.24) is 9.97 Å². The van der Waals surface area contributed by atoms with E-state index in [1.165, 1.54) is 30.6 Å². The van der Waals surface area contributed by atoms with E-state index >= 15 is 0 Å². The number of aliphatic carboxylic acids is 1. The monoisotopic (exact) mass is 771 g/mol. The van der Waals surface area contributed by atoms with Gasteiger partial charge in [-0.2, -0.15) is 0 Å². The zero-order valence-corrected chi connectivity index (χ0v) is 30.3. The zero-order chi connectivity index (χ0) is 39.8. The standard InChI is InChI=1S/C41H45N3O12/c45-21-33-36(49)37(50)38(51)41(54,56-33)55-32-18-29-27(17-31(32)47)28(19-40(13-5-2-6-14-40)25-7-3-1-4-8-25)35(39(52)53)44(29)34(48)12-10-23-9-11-30(46)24(15-23)16-26-20-42-22-43-26/h1,3-4,7-12,15,17-18,20,22,28,33,35-38,45-47,49-51,54H,2,5-6,13-14,16,19,21H2,(H,42,43)(H,52,53). The van der Waals surface area contributed by atoms with Crippen LogP contribution in [0.4, 0.5) is 5.69 Å². The lowest BCUT2D eigenvalue weighted by molar-refractivity contribution is -0.422. The molecule has 3 heterocycles. The van der Waals surface area contributed by atoms with Crippen molar-refractivity contribution >= 4 is 23.6 Å². The Labute approximate surface area is 321 Å². The molecule has 7 atom stereocenters. The molecule has 56 heavy (non-hydrogen) atoms. The van der Waals surface area contributed by atoms with Gasteiger partial charge in [0.25, 0.3) is 5.91 Å². The Morgan fingerprint density at radius 1 is 0.982 bits per heavy atom. The molecule has 7 rings (SSSR count). The number of amides is 1. The minimum Gasteiger partial charge on any atom is -0.508 e. The number of imidazole rings is 1. The largest absolute Gasteiger partial charge is 0.508 e. The molecule has 1 saturated heterocycles. The van der Waals surface area contributed by atoms with Crippen molar-refractivity contribution in [2.45, 2.75) is 92.7 Å². The molecule has 15 heteroatoms. The smallest absolute Gasteiger partial charge is 0.355 e. The molecule has 1 aromatic heterocycles. The first-order valence-electron chi connectivity index (χ1n) is 18.5. The average molecular weight is 772 g/mol. The van der Waals surface area contributed by atoms with Crippen LogP contribution in [0, 0.1) is 0 Å². The third-order valence-corrected chi connectivity index (χ3v) is 11.4. The summed E-state index contributed by atoms with van der Waals surface area (Å²) in [7, 11) is 0. The Morgan fingerprint density at radius 3 is 2.41 bits per heavy atom. The van der Waals surface area contributed by atoms with E-state index < -0.39 is 77.7 Å². The van der Waals surface area contributed by atoms with Crippen LogP contribution < -0.4 is 9.64 Å². The first-order chi connectivity index (χ1) is 26.8. The fraction of sp³-hybridized carbons (Fsp3) is 0.390. The third kappa shape index (κ3) is 7.36. The van der Waals surface area contributed by atoms with Crippen molar-refractivity contribution in [3.63, 3.8) is 0 Å². The molecule has 0 bridgehead atoms. The van der Waals surface area contributed by atoms with Crippen molar-refractivity contribution in [2.24, 2.45) is 0 Å². The summed E-state index contributed by atoms with van der Waals surface area (Å²) in [5.74, 6) is -7.06. The third-order valence-electron chi connectivity index (χ3n) is 11.4. The van der Waals surface area contributed by atoms with Crippen molar-refractivity contribution in [3.8, 4) is 17.2 Å². The van der Waals surface area contributed by atoms with Gasteiger partial charge in [0.15, 0.2) is 17.6 Å². The van der Waals surface area contributed by atoms with E-state index in [0.717, 1.165) is 54.3 Å². The summed E-state index contributed by atoms with van der Waals surface area (Å²) >= 11 is 0. The summed E-state index contributed by atoms with van der Waals surface area (Å²) < 4.78 is 10.8. The second kappa shape index (κ2) is 15.7. The Bertz CT molecular complexity index is 2070. The number of aromatic nitrogens is 2. The van der Waals surface area contributed by atoms with Crippen molar-refractivity contribution in [3.05, 3.63) is 107 Å². The summed E-state index contributed by atoms with van der Waals surface area (Å²) in [6, 6.07) is 15.6. The Kier molecular flexibility index (Phi) is 10.9. The maximum atomic E-state index is 14.4. The van der Waals surface area contributed by atoms with Crippen LogP contribution in [-0.2, 0) is 26.2 Å². The highest BCUT2D eigenvalue weighted by Gasteiger charge is 2.56. The lowest BCUT2D eigenvalue weighted by atomic mass is 9.63. The lowest BCUT2D eigenvalue weighted by Gasteiger charge is -2.44. The van der Waals surface area contributed by atoms with Gasteiger partial charge in [-0.25, -0.2) is 9.78 Å². The van der Waals surface area contributed by atoms with E-state index in [9.17, 15) is 50.4 Å².